The molecule has 11 heteroatoms. The lowest BCUT2D eigenvalue weighted by Crippen LogP contribution is -2.35. The zero-order valence-corrected chi connectivity index (χ0v) is 21.1. The minimum Gasteiger partial charge on any atom is -0.493 e. The first kappa shape index (κ1) is 28.4. The fourth-order valence-corrected chi connectivity index (χ4v) is 4.14. The fourth-order valence-electron chi connectivity index (χ4n) is 3.16. The van der Waals surface area contributed by atoms with Gasteiger partial charge in [-0.05, 0) is 41.3 Å². The molecule has 0 atom stereocenters. The number of benzene rings is 2. The Morgan fingerprint density at radius 1 is 1.00 bits per heavy atom. The number of hydrogen-bond donors (Lipinski definition) is 0. The monoisotopic (exact) mass is 517 g/mol. The Labute approximate surface area is 203 Å². The van der Waals surface area contributed by atoms with Crippen LogP contribution in [0.4, 0.5) is 13.2 Å². The highest BCUT2D eigenvalue weighted by molar-refractivity contribution is 7.87. The Morgan fingerprint density at radius 2 is 1.69 bits per heavy atom. The minimum absolute atomic E-state index is 0.0637. The van der Waals surface area contributed by atoms with E-state index in [1.54, 1.807) is 11.0 Å². The molecule has 0 aliphatic rings. The van der Waals surface area contributed by atoms with E-state index in [1.807, 2.05) is 20.8 Å². The summed E-state index contributed by atoms with van der Waals surface area (Å²) < 4.78 is 80.1. The van der Waals surface area contributed by atoms with E-state index in [0.29, 0.717) is 31.2 Å². The molecule has 0 N–H and O–H groups in total. The van der Waals surface area contributed by atoms with Crippen molar-refractivity contribution in [3.8, 4) is 11.5 Å². The van der Waals surface area contributed by atoms with E-state index in [9.17, 15) is 26.4 Å². The number of carbonyl (C=O) groups excluding carboxylic acids is 1. The van der Waals surface area contributed by atoms with Crippen molar-refractivity contribution in [2.75, 3.05) is 27.4 Å². The molecule has 1 amide bonds. The third-order valence-corrected chi connectivity index (χ3v) is 6.08. The van der Waals surface area contributed by atoms with Gasteiger partial charge in [-0.25, -0.2) is 0 Å². The molecule has 0 saturated carbocycles. The van der Waals surface area contributed by atoms with Crippen molar-refractivity contribution >= 4 is 16.0 Å². The van der Waals surface area contributed by atoms with Gasteiger partial charge in [0, 0.05) is 26.6 Å². The van der Waals surface area contributed by atoms with Gasteiger partial charge >= 0.3 is 16.3 Å². The summed E-state index contributed by atoms with van der Waals surface area (Å²) in [4.78, 5) is 13.8. The molecular weight excluding hydrogens is 487 g/mol. The number of halogens is 3. The summed E-state index contributed by atoms with van der Waals surface area (Å²) >= 11 is 0. The highest BCUT2D eigenvalue weighted by Gasteiger charge is 2.32. The average Bonchev–Trinajstić information content (AvgIpc) is 2.75. The molecule has 0 heterocycles. The quantitative estimate of drug-likeness (QED) is 0.418. The van der Waals surface area contributed by atoms with Crippen LogP contribution in [0.2, 0.25) is 0 Å². The smallest absolute Gasteiger partial charge is 0.416 e. The summed E-state index contributed by atoms with van der Waals surface area (Å²) in [7, 11) is -1.79. The summed E-state index contributed by atoms with van der Waals surface area (Å²) in [6, 6.07) is 7.77. The molecule has 0 aliphatic carbocycles. The summed E-state index contributed by atoms with van der Waals surface area (Å²) in [6.45, 7) is 6.59. The molecule has 2 aromatic carbocycles. The first-order valence-electron chi connectivity index (χ1n) is 10.7. The van der Waals surface area contributed by atoms with E-state index in [0.717, 1.165) is 18.2 Å². The second-order valence-electron chi connectivity index (χ2n) is 9.09. The molecule has 2 rings (SSSR count). The Morgan fingerprint density at radius 3 is 2.26 bits per heavy atom. The predicted octanol–water partition coefficient (Wildman–Crippen LogP) is 4.89. The van der Waals surface area contributed by atoms with Crippen molar-refractivity contribution in [3.05, 3.63) is 53.6 Å². The average molecular weight is 518 g/mol. The lowest BCUT2D eigenvalue weighted by atomic mass is 9.91. The normalized spacial score (nSPS) is 12.3. The molecule has 0 unspecified atom stereocenters. The summed E-state index contributed by atoms with van der Waals surface area (Å²) in [5, 5.41) is 0. The molecule has 0 saturated heterocycles. The van der Waals surface area contributed by atoms with Gasteiger partial charge in [-0.1, -0.05) is 32.9 Å². The third-order valence-electron chi connectivity index (χ3n) is 4.85. The summed E-state index contributed by atoms with van der Waals surface area (Å²) in [5.74, 6) is -0.254. The van der Waals surface area contributed by atoms with Crippen LogP contribution in [0.3, 0.4) is 0 Å². The van der Waals surface area contributed by atoms with E-state index < -0.39 is 26.8 Å². The van der Waals surface area contributed by atoms with Gasteiger partial charge in [-0.15, -0.1) is 0 Å². The van der Waals surface area contributed by atoms with Crippen molar-refractivity contribution in [1.82, 2.24) is 4.90 Å². The van der Waals surface area contributed by atoms with Gasteiger partial charge in [0.25, 0.3) is 0 Å². The molecule has 2 aromatic rings. The highest BCUT2D eigenvalue weighted by Crippen LogP contribution is 2.34. The Balaban J connectivity index is 2.36. The molecule has 0 bridgehead atoms. The van der Waals surface area contributed by atoms with Gasteiger partial charge in [-0.3, -0.25) is 4.79 Å². The van der Waals surface area contributed by atoms with Crippen LogP contribution in [0.15, 0.2) is 47.4 Å². The maximum Gasteiger partial charge on any atom is 0.416 e. The first-order chi connectivity index (χ1) is 16.2. The number of hydrogen-bond acceptors (Lipinski definition) is 6. The van der Waals surface area contributed by atoms with Crippen LogP contribution in [0.5, 0.6) is 11.5 Å². The maximum absolute atomic E-state index is 13.0. The van der Waals surface area contributed by atoms with E-state index in [-0.39, 0.29) is 29.4 Å². The van der Waals surface area contributed by atoms with Gasteiger partial charge in [-0.2, -0.15) is 21.6 Å². The third kappa shape index (κ3) is 8.43. The van der Waals surface area contributed by atoms with E-state index in [2.05, 4.69) is 0 Å². The highest BCUT2D eigenvalue weighted by atomic mass is 32.2. The number of ether oxygens (including phenoxy) is 2. The second kappa shape index (κ2) is 11.3. The van der Waals surface area contributed by atoms with Crippen LogP contribution >= 0.6 is 0 Å². The molecule has 194 valence electrons. The SMILES string of the molecule is COCCN(Cc1ccc(OC)c(OS(=O)(=O)c2cccc(C(F)(F)F)c2)c1)C(=O)CC(C)(C)C. The standard InChI is InChI=1S/C24H30F3NO6S/c1-23(2,3)15-22(29)28(11-12-32-4)16-17-9-10-20(33-5)21(13-17)34-35(30,31)19-8-6-7-18(14-19)24(25,26)27/h6-10,13-14H,11-12,15-16H2,1-5H3. The van der Waals surface area contributed by atoms with Crippen molar-refractivity contribution in [1.29, 1.82) is 0 Å². The van der Waals surface area contributed by atoms with E-state index in [4.69, 9.17) is 13.7 Å². The molecule has 35 heavy (non-hydrogen) atoms. The van der Waals surface area contributed by atoms with Gasteiger partial charge in [0.15, 0.2) is 11.5 Å². The van der Waals surface area contributed by atoms with Crippen molar-refractivity contribution < 1.29 is 40.0 Å². The maximum atomic E-state index is 13.0. The topological polar surface area (TPSA) is 82.1 Å². The van der Waals surface area contributed by atoms with Gasteiger partial charge < -0.3 is 18.6 Å². The molecule has 0 aliphatic heterocycles. The number of carbonyl (C=O) groups is 1. The van der Waals surface area contributed by atoms with Crippen LogP contribution in [0.1, 0.15) is 38.3 Å². The first-order valence-corrected chi connectivity index (χ1v) is 12.1. The van der Waals surface area contributed by atoms with Gasteiger partial charge in [0.2, 0.25) is 5.91 Å². The molecule has 7 nitrogen and oxygen atoms in total. The fraction of sp³-hybridized carbons (Fsp3) is 0.458. The molecule has 0 aromatic heterocycles. The summed E-state index contributed by atoms with van der Waals surface area (Å²) in [5.41, 5.74) is -0.817. The summed E-state index contributed by atoms with van der Waals surface area (Å²) in [6.07, 6.45) is -4.42. The predicted molar refractivity (Wildman–Crippen MR) is 124 cm³/mol. The van der Waals surface area contributed by atoms with E-state index in [1.165, 1.54) is 26.4 Å². The number of amides is 1. The zero-order valence-electron chi connectivity index (χ0n) is 20.3. The lowest BCUT2D eigenvalue weighted by molar-refractivity contribution is -0.137. The van der Waals surface area contributed by atoms with Crippen LogP contribution in [0, 0.1) is 5.41 Å². The van der Waals surface area contributed by atoms with E-state index >= 15 is 0 Å². The van der Waals surface area contributed by atoms with Crippen LogP contribution in [0.25, 0.3) is 0 Å². The van der Waals surface area contributed by atoms with Crippen LogP contribution < -0.4 is 8.92 Å². The Bertz CT molecular complexity index is 1130. The minimum atomic E-state index is -4.71. The molecular formula is C24H30F3NO6S. The van der Waals surface area contributed by atoms with Crippen molar-refractivity contribution in [2.45, 2.75) is 44.8 Å². The number of alkyl halides is 3. The van der Waals surface area contributed by atoms with Crippen LogP contribution in [-0.4, -0.2) is 46.6 Å². The second-order valence-corrected chi connectivity index (χ2v) is 10.6. The van der Waals surface area contributed by atoms with Crippen molar-refractivity contribution in [3.63, 3.8) is 0 Å². The molecule has 0 fully saturated rings. The number of methoxy groups -OCH3 is 2. The Hall–Kier alpha value is -2.79. The number of rotatable bonds is 10. The molecule has 0 radical (unpaired) electrons. The Kier molecular flexibility index (Phi) is 9.18. The lowest BCUT2D eigenvalue weighted by Gasteiger charge is -2.27. The van der Waals surface area contributed by atoms with Gasteiger partial charge in [0.1, 0.15) is 4.90 Å². The molecule has 0 spiro atoms. The largest absolute Gasteiger partial charge is 0.493 e. The van der Waals surface area contributed by atoms with Gasteiger partial charge in [0.05, 0.1) is 19.3 Å². The zero-order chi connectivity index (χ0) is 26.4. The number of nitrogens with zero attached hydrogens (tertiary/aromatic N) is 1. The van der Waals surface area contributed by atoms with Crippen LogP contribution in [-0.2, 0) is 32.4 Å². The van der Waals surface area contributed by atoms with Crippen molar-refractivity contribution in [2.24, 2.45) is 5.41 Å².